The number of anilines is 1. The molecular formula is C23H26N4O6. The Balaban J connectivity index is 1.49. The largest absolute Gasteiger partial charge is 0.494 e. The molecule has 3 amide bonds. The summed E-state index contributed by atoms with van der Waals surface area (Å²) >= 11 is 0. The molecule has 1 saturated carbocycles. The number of hydrogen-bond acceptors (Lipinski definition) is 7. The summed E-state index contributed by atoms with van der Waals surface area (Å²) in [6, 6.07) is 12.0. The van der Waals surface area contributed by atoms with Gasteiger partial charge < -0.3 is 24.8 Å². The zero-order chi connectivity index (χ0) is 23.6. The number of carbonyl (C=O) groups excluding carboxylic acids is 3. The Morgan fingerprint density at radius 1 is 1.03 bits per heavy atom. The summed E-state index contributed by atoms with van der Waals surface area (Å²) in [4.78, 5) is 35.5. The van der Waals surface area contributed by atoms with Gasteiger partial charge in [-0.05, 0) is 67.8 Å². The molecule has 1 aliphatic rings. The lowest BCUT2D eigenvalue weighted by atomic mass is 10.2. The third-order valence-corrected chi connectivity index (χ3v) is 4.49. The summed E-state index contributed by atoms with van der Waals surface area (Å²) in [6.07, 6.45) is 3.15. The van der Waals surface area contributed by atoms with Gasteiger partial charge in [0, 0.05) is 11.7 Å². The van der Waals surface area contributed by atoms with Gasteiger partial charge in [-0.25, -0.2) is 5.43 Å². The van der Waals surface area contributed by atoms with Crippen LogP contribution in [0.15, 0.2) is 47.6 Å². The van der Waals surface area contributed by atoms with Crippen molar-refractivity contribution >= 4 is 29.6 Å². The molecule has 10 heteroatoms. The molecule has 0 atom stereocenters. The van der Waals surface area contributed by atoms with Crippen LogP contribution in [0.4, 0.5) is 5.69 Å². The second-order valence-corrected chi connectivity index (χ2v) is 7.15. The molecule has 0 aliphatic heterocycles. The number of rotatable bonds is 10. The zero-order valence-electron chi connectivity index (χ0n) is 18.4. The monoisotopic (exact) mass is 454 g/mol. The number of nitrogens with zero attached hydrogens (tertiary/aromatic N) is 1. The van der Waals surface area contributed by atoms with E-state index < -0.39 is 11.8 Å². The summed E-state index contributed by atoms with van der Waals surface area (Å²) in [6.45, 7) is 2.25. The molecule has 2 aromatic rings. The van der Waals surface area contributed by atoms with Crippen LogP contribution in [-0.4, -0.2) is 50.3 Å². The number of benzene rings is 2. The predicted octanol–water partition coefficient (Wildman–Crippen LogP) is 1.84. The maximum Gasteiger partial charge on any atom is 0.329 e. The van der Waals surface area contributed by atoms with Gasteiger partial charge in [0.05, 0.1) is 19.9 Å². The lowest BCUT2D eigenvalue weighted by Gasteiger charge is -2.12. The maximum atomic E-state index is 12.2. The average Bonchev–Trinajstić information content (AvgIpc) is 3.63. The SMILES string of the molecule is CCOc1ccc(NC(=O)COc2ccc(/C=N\NC(=O)C(=O)NC3CC3)cc2OC)cc1. The summed E-state index contributed by atoms with van der Waals surface area (Å²) in [7, 11) is 1.47. The molecule has 0 radical (unpaired) electrons. The normalized spacial score (nSPS) is 12.7. The highest BCUT2D eigenvalue weighted by molar-refractivity contribution is 6.35. The number of nitrogens with one attached hydrogen (secondary N) is 3. The fourth-order valence-corrected chi connectivity index (χ4v) is 2.72. The Hall–Kier alpha value is -4.08. The van der Waals surface area contributed by atoms with E-state index in [1.165, 1.54) is 13.3 Å². The first-order valence-electron chi connectivity index (χ1n) is 10.5. The Kier molecular flexibility index (Phi) is 8.23. The first kappa shape index (κ1) is 23.6. The number of carbonyl (C=O) groups is 3. The lowest BCUT2D eigenvalue weighted by Crippen LogP contribution is -2.38. The third-order valence-electron chi connectivity index (χ3n) is 4.49. The van der Waals surface area contributed by atoms with E-state index >= 15 is 0 Å². The van der Waals surface area contributed by atoms with Gasteiger partial charge in [0.2, 0.25) is 0 Å². The molecule has 0 bridgehead atoms. The molecule has 33 heavy (non-hydrogen) atoms. The highest BCUT2D eigenvalue weighted by atomic mass is 16.5. The van der Waals surface area contributed by atoms with Crippen LogP contribution < -0.4 is 30.3 Å². The zero-order valence-corrected chi connectivity index (χ0v) is 18.4. The van der Waals surface area contributed by atoms with Crippen LogP contribution in [0.1, 0.15) is 25.3 Å². The van der Waals surface area contributed by atoms with Gasteiger partial charge in [-0.3, -0.25) is 14.4 Å². The molecule has 0 aromatic heterocycles. The molecule has 1 fully saturated rings. The van der Waals surface area contributed by atoms with Gasteiger partial charge in [-0.15, -0.1) is 0 Å². The van der Waals surface area contributed by atoms with Crippen molar-refractivity contribution in [2.24, 2.45) is 5.10 Å². The van der Waals surface area contributed by atoms with Crippen molar-refractivity contribution in [1.29, 1.82) is 0 Å². The number of methoxy groups -OCH3 is 1. The Morgan fingerprint density at radius 3 is 2.45 bits per heavy atom. The first-order chi connectivity index (χ1) is 16.0. The number of hydrogen-bond donors (Lipinski definition) is 3. The highest BCUT2D eigenvalue weighted by Gasteiger charge is 2.26. The molecular weight excluding hydrogens is 428 g/mol. The van der Waals surface area contributed by atoms with Gasteiger partial charge in [0.1, 0.15) is 5.75 Å². The molecule has 2 aromatic carbocycles. The average molecular weight is 454 g/mol. The molecule has 3 rings (SSSR count). The minimum absolute atomic E-state index is 0.0899. The van der Waals surface area contributed by atoms with Crippen LogP contribution in [0.25, 0.3) is 0 Å². The summed E-state index contributed by atoms with van der Waals surface area (Å²) in [5, 5.41) is 9.09. The number of amides is 3. The van der Waals surface area contributed by atoms with Crippen molar-refractivity contribution in [2.45, 2.75) is 25.8 Å². The van der Waals surface area contributed by atoms with E-state index in [1.807, 2.05) is 6.92 Å². The molecule has 0 saturated heterocycles. The van der Waals surface area contributed by atoms with E-state index in [9.17, 15) is 14.4 Å². The lowest BCUT2D eigenvalue weighted by molar-refractivity contribution is -0.139. The van der Waals surface area contributed by atoms with Gasteiger partial charge in [-0.1, -0.05) is 0 Å². The van der Waals surface area contributed by atoms with Crippen molar-refractivity contribution in [3.63, 3.8) is 0 Å². The molecule has 0 unspecified atom stereocenters. The van der Waals surface area contributed by atoms with Gasteiger partial charge in [-0.2, -0.15) is 5.10 Å². The highest BCUT2D eigenvalue weighted by Crippen LogP contribution is 2.27. The second kappa shape index (κ2) is 11.5. The topological polar surface area (TPSA) is 127 Å². The van der Waals surface area contributed by atoms with Crippen molar-refractivity contribution in [2.75, 3.05) is 25.6 Å². The van der Waals surface area contributed by atoms with Gasteiger partial charge in [0.25, 0.3) is 5.91 Å². The molecule has 0 spiro atoms. The molecule has 174 valence electrons. The maximum absolute atomic E-state index is 12.2. The molecule has 10 nitrogen and oxygen atoms in total. The Labute approximate surface area is 191 Å². The Morgan fingerprint density at radius 2 is 1.79 bits per heavy atom. The van der Waals surface area contributed by atoms with Crippen molar-refractivity contribution in [1.82, 2.24) is 10.7 Å². The predicted molar refractivity (Wildman–Crippen MR) is 122 cm³/mol. The van der Waals surface area contributed by atoms with Crippen LogP contribution in [0.5, 0.6) is 17.2 Å². The third kappa shape index (κ3) is 7.53. The fourth-order valence-electron chi connectivity index (χ4n) is 2.72. The number of ether oxygens (including phenoxy) is 3. The second-order valence-electron chi connectivity index (χ2n) is 7.15. The van der Waals surface area contributed by atoms with Crippen LogP contribution in [-0.2, 0) is 14.4 Å². The Bertz CT molecular complexity index is 1020. The van der Waals surface area contributed by atoms with E-state index in [4.69, 9.17) is 14.2 Å². The standard InChI is InChI=1S/C23H26N4O6/c1-3-32-18-9-7-16(8-10-18)25-21(28)14-33-19-11-4-15(12-20(19)31-2)13-24-27-23(30)22(29)26-17-5-6-17/h4,7-13,17H,3,5-6,14H2,1-2H3,(H,25,28)(H,26,29)(H,27,30)/b24-13-. The minimum atomic E-state index is -0.830. The molecule has 1 aliphatic carbocycles. The first-order valence-corrected chi connectivity index (χ1v) is 10.5. The summed E-state index contributed by atoms with van der Waals surface area (Å²) in [5.74, 6) is -0.404. The minimum Gasteiger partial charge on any atom is -0.494 e. The van der Waals surface area contributed by atoms with Crippen molar-refractivity contribution < 1.29 is 28.6 Å². The quantitative estimate of drug-likeness (QED) is 0.286. The van der Waals surface area contributed by atoms with E-state index in [0.717, 1.165) is 18.6 Å². The van der Waals surface area contributed by atoms with Crippen molar-refractivity contribution in [3.8, 4) is 17.2 Å². The summed E-state index contributed by atoms with van der Waals surface area (Å²) in [5.41, 5.74) is 3.40. The van der Waals surface area contributed by atoms with E-state index in [-0.39, 0.29) is 18.6 Å². The van der Waals surface area contributed by atoms with Crippen LogP contribution in [0, 0.1) is 0 Å². The molecule has 0 heterocycles. The smallest absolute Gasteiger partial charge is 0.329 e. The fraction of sp³-hybridized carbons (Fsp3) is 0.304. The van der Waals surface area contributed by atoms with Gasteiger partial charge in [0.15, 0.2) is 18.1 Å². The van der Waals surface area contributed by atoms with Crippen LogP contribution in [0.2, 0.25) is 0 Å². The van der Waals surface area contributed by atoms with Crippen LogP contribution >= 0.6 is 0 Å². The van der Waals surface area contributed by atoms with E-state index in [1.54, 1.807) is 42.5 Å². The summed E-state index contributed by atoms with van der Waals surface area (Å²) < 4.78 is 16.2. The van der Waals surface area contributed by atoms with Crippen molar-refractivity contribution in [3.05, 3.63) is 48.0 Å². The van der Waals surface area contributed by atoms with E-state index in [0.29, 0.717) is 29.4 Å². The van der Waals surface area contributed by atoms with E-state index in [2.05, 4.69) is 21.2 Å². The number of hydrazone groups is 1. The molecule has 3 N–H and O–H groups in total. The van der Waals surface area contributed by atoms with Gasteiger partial charge >= 0.3 is 11.8 Å². The van der Waals surface area contributed by atoms with Crippen LogP contribution in [0.3, 0.4) is 0 Å².